The highest BCUT2D eigenvalue weighted by Gasteiger charge is 2.38. The van der Waals surface area contributed by atoms with Crippen molar-refractivity contribution in [3.8, 4) is 17.1 Å². The Bertz CT molecular complexity index is 1850. The SMILES string of the molecule is COc1ccnc(-c2n[nH]c(C(F)(F)F)c2Cc2cnc(C(=O)Nc3ccc(C(=O)N4CCN(C(=O)C5CCNCC5)CC4)c(Cl)c3)[nH]2)c1. The molecule has 1 aromatic carbocycles. The maximum Gasteiger partial charge on any atom is 0.433 e. The first-order valence-electron chi connectivity index (χ1n) is 15.6. The third-order valence-corrected chi connectivity index (χ3v) is 8.91. The number of pyridine rings is 1. The van der Waals surface area contributed by atoms with Crippen LogP contribution in [0, 0.1) is 5.92 Å². The van der Waals surface area contributed by atoms with Gasteiger partial charge in [0.15, 0.2) is 5.82 Å². The van der Waals surface area contributed by atoms with Crippen LogP contribution in [0.2, 0.25) is 5.02 Å². The largest absolute Gasteiger partial charge is 0.497 e. The fourth-order valence-corrected chi connectivity index (χ4v) is 6.25. The molecule has 0 bridgehead atoms. The van der Waals surface area contributed by atoms with Gasteiger partial charge in [-0.1, -0.05) is 11.6 Å². The van der Waals surface area contributed by atoms with E-state index in [0.29, 0.717) is 31.9 Å². The Balaban J connectivity index is 1.09. The molecule has 0 spiro atoms. The van der Waals surface area contributed by atoms with Crippen molar-refractivity contribution in [2.24, 2.45) is 5.92 Å². The number of piperidine rings is 1. The number of nitrogens with zero attached hydrogens (tertiary/aromatic N) is 5. The van der Waals surface area contributed by atoms with Crippen LogP contribution in [0.1, 0.15) is 50.8 Å². The number of rotatable bonds is 8. The van der Waals surface area contributed by atoms with E-state index in [1.54, 1.807) is 11.0 Å². The number of carbonyl (C=O) groups is 3. The summed E-state index contributed by atoms with van der Waals surface area (Å²) < 4.78 is 46.8. The number of alkyl halides is 3. The molecule has 17 heteroatoms. The minimum Gasteiger partial charge on any atom is -0.497 e. The van der Waals surface area contributed by atoms with Crippen molar-refractivity contribution in [3.05, 3.63) is 76.1 Å². The van der Waals surface area contributed by atoms with Crippen molar-refractivity contribution in [3.63, 3.8) is 0 Å². The second-order valence-corrected chi connectivity index (χ2v) is 12.1. The Labute approximate surface area is 283 Å². The van der Waals surface area contributed by atoms with Gasteiger partial charge in [0.2, 0.25) is 5.91 Å². The molecule has 6 rings (SSSR count). The number of aromatic amines is 2. The number of ether oxygens (including phenoxy) is 1. The molecule has 0 unspecified atom stereocenters. The molecule has 2 aliphatic rings. The molecule has 13 nitrogen and oxygen atoms in total. The first-order valence-corrected chi connectivity index (χ1v) is 16.0. The maximum absolute atomic E-state index is 13.9. The lowest BCUT2D eigenvalue weighted by molar-refractivity contribution is -0.141. The number of piperazine rings is 1. The molecule has 0 aliphatic carbocycles. The van der Waals surface area contributed by atoms with Crippen LogP contribution in [0.3, 0.4) is 0 Å². The second-order valence-electron chi connectivity index (χ2n) is 11.7. The van der Waals surface area contributed by atoms with Crippen molar-refractivity contribution >= 4 is 35.0 Å². The van der Waals surface area contributed by atoms with Gasteiger partial charge in [0.05, 0.1) is 23.4 Å². The Morgan fingerprint density at radius 3 is 2.47 bits per heavy atom. The average Bonchev–Trinajstić information content (AvgIpc) is 3.76. The van der Waals surface area contributed by atoms with E-state index in [1.165, 1.54) is 43.8 Å². The Morgan fingerprint density at radius 2 is 1.78 bits per heavy atom. The normalized spacial score (nSPS) is 15.7. The maximum atomic E-state index is 13.9. The van der Waals surface area contributed by atoms with Crippen molar-refractivity contribution < 1.29 is 32.3 Å². The van der Waals surface area contributed by atoms with Gasteiger partial charge in [-0.15, -0.1) is 0 Å². The molecule has 0 atom stereocenters. The molecule has 3 amide bonds. The summed E-state index contributed by atoms with van der Waals surface area (Å²) in [7, 11) is 1.43. The van der Waals surface area contributed by atoms with Gasteiger partial charge in [-0.05, 0) is 50.2 Å². The van der Waals surface area contributed by atoms with E-state index >= 15 is 0 Å². The molecule has 2 fully saturated rings. The summed E-state index contributed by atoms with van der Waals surface area (Å²) in [5, 5.41) is 12.0. The molecule has 2 saturated heterocycles. The number of hydrogen-bond donors (Lipinski definition) is 4. The zero-order valence-electron chi connectivity index (χ0n) is 26.4. The van der Waals surface area contributed by atoms with E-state index in [-0.39, 0.29) is 68.9 Å². The molecular formula is C32H33ClF3N9O4. The van der Waals surface area contributed by atoms with Crippen molar-refractivity contribution in [2.75, 3.05) is 51.7 Å². The molecule has 3 aromatic heterocycles. The minimum atomic E-state index is -4.73. The second kappa shape index (κ2) is 14.3. The van der Waals surface area contributed by atoms with E-state index in [1.807, 2.05) is 4.90 Å². The lowest BCUT2D eigenvalue weighted by Gasteiger charge is -2.37. The van der Waals surface area contributed by atoms with Crippen LogP contribution in [-0.4, -0.2) is 99.0 Å². The van der Waals surface area contributed by atoms with E-state index in [0.717, 1.165) is 25.9 Å². The highest BCUT2D eigenvalue weighted by molar-refractivity contribution is 6.34. The first-order chi connectivity index (χ1) is 23.5. The molecule has 0 radical (unpaired) electrons. The zero-order chi connectivity index (χ0) is 34.7. The van der Waals surface area contributed by atoms with Crippen LogP contribution in [0.15, 0.2) is 42.7 Å². The molecule has 2 aliphatic heterocycles. The third kappa shape index (κ3) is 7.54. The standard InChI is InChI=1S/C32H33ClF3N9O4/c1-49-21-6-9-38-25(16-21)26-23(27(43-42-26)32(34,35)36)14-20-17-39-28(40-20)29(46)41-19-2-3-22(24(33)15-19)31(48)45-12-10-44(11-13-45)30(47)18-4-7-37-8-5-18/h2-3,6,9,15-18,37H,4-5,7-8,10-14H2,1H3,(H,39,40)(H,41,46)(H,42,43). The lowest BCUT2D eigenvalue weighted by Crippen LogP contribution is -2.52. The van der Waals surface area contributed by atoms with Gasteiger partial charge in [-0.25, -0.2) is 4.98 Å². The number of imidazole rings is 1. The summed E-state index contributed by atoms with van der Waals surface area (Å²) in [6.07, 6.45) is -0.728. The molecule has 0 saturated carbocycles. The summed E-state index contributed by atoms with van der Waals surface area (Å²) in [6.45, 7) is 3.31. The Hall–Kier alpha value is -4.96. The highest BCUT2D eigenvalue weighted by atomic mass is 35.5. The number of benzene rings is 1. The predicted octanol–water partition coefficient (Wildman–Crippen LogP) is 4.00. The van der Waals surface area contributed by atoms with Crippen LogP contribution in [0.4, 0.5) is 18.9 Å². The minimum absolute atomic E-state index is 0.0160. The first kappa shape index (κ1) is 33.9. The molecule has 258 valence electrons. The van der Waals surface area contributed by atoms with E-state index < -0.39 is 17.8 Å². The number of H-pyrrole nitrogens is 2. The van der Waals surface area contributed by atoms with Gasteiger partial charge in [0, 0.05) is 73.9 Å². The number of methoxy groups -OCH3 is 1. The number of aromatic nitrogens is 5. The summed E-state index contributed by atoms with van der Waals surface area (Å²) in [5.74, 6) is -0.562. The molecule has 4 aromatic rings. The van der Waals surface area contributed by atoms with Crippen LogP contribution in [-0.2, 0) is 17.4 Å². The van der Waals surface area contributed by atoms with E-state index in [4.69, 9.17) is 16.3 Å². The van der Waals surface area contributed by atoms with Gasteiger partial charge in [-0.3, -0.25) is 24.5 Å². The Morgan fingerprint density at radius 1 is 1.04 bits per heavy atom. The fraction of sp³-hybridized carbons (Fsp3) is 0.375. The van der Waals surface area contributed by atoms with Crippen molar-refractivity contribution in [2.45, 2.75) is 25.4 Å². The molecular weight excluding hydrogens is 667 g/mol. The number of amides is 3. The van der Waals surface area contributed by atoms with E-state index in [2.05, 4.69) is 35.8 Å². The third-order valence-electron chi connectivity index (χ3n) is 8.60. The summed E-state index contributed by atoms with van der Waals surface area (Å²) in [6, 6.07) is 7.48. The number of halogens is 4. The van der Waals surface area contributed by atoms with Crippen LogP contribution in [0.5, 0.6) is 5.75 Å². The van der Waals surface area contributed by atoms with Crippen LogP contribution in [0.25, 0.3) is 11.4 Å². The van der Waals surface area contributed by atoms with Gasteiger partial charge >= 0.3 is 6.18 Å². The number of hydrogen-bond acceptors (Lipinski definition) is 8. The number of anilines is 1. The smallest absolute Gasteiger partial charge is 0.433 e. The van der Waals surface area contributed by atoms with Gasteiger partial charge < -0.3 is 30.2 Å². The van der Waals surface area contributed by atoms with Gasteiger partial charge in [-0.2, -0.15) is 18.3 Å². The van der Waals surface area contributed by atoms with Crippen molar-refractivity contribution in [1.29, 1.82) is 0 Å². The Kier molecular flexibility index (Phi) is 9.87. The van der Waals surface area contributed by atoms with E-state index in [9.17, 15) is 27.6 Å². The summed E-state index contributed by atoms with van der Waals surface area (Å²) in [4.78, 5) is 53.6. The predicted molar refractivity (Wildman–Crippen MR) is 172 cm³/mol. The topological polar surface area (TPSA) is 161 Å². The van der Waals surface area contributed by atoms with Crippen LogP contribution >= 0.6 is 11.6 Å². The van der Waals surface area contributed by atoms with Crippen molar-refractivity contribution in [1.82, 2.24) is 40.3 Å². The van der Waals surface area contributed by atoms with Crippen LogP contribution < -0.4 is 15.4 Å². The van der Waals surface area contributed by atoms with Gasteiger partial charge in [0.1, 0.15) is 17.1 Å². The average molecular weight is 700 g/mol. The highest BCUT2D eigenvalue weighted by Crippen LogP contribution is 2.36. The molecule has 4 N–H and O–H groups in total. The lowest BCUT2D eigenvalue weighted by atomic mass is 9.96. The number of nitrogens with one attached hydrogen (secondary N) is 4. The van der Waals surface area contributed by atoms with Gasteiger partial charge in [0.25, 0.3) is 11.8 Å². The summed E-state index contributed by atoms with van der Waals surface area (Å²) >= 11 is 6.47. The zero-order valence-corrected chi connectivity index (χ0v) is 27.1. The molecule has 5 heterocycles. The number of carbonyl (C=O) groups excluding carboxylic acids is 3. The quantitative estimate of drug-likeness (QED) is 0.215. The monoisotopic (exact) mass is 699 g/mol. The summed E-state index contributed by atoms with van der Waals surface area (Å²) in [5.41, 5.74) is -0.346. The molecule has 49 heavy (non-hydrogen) atoms. The fourth-order valence-electron chi connectivity index (χ4n) is 5.99.